The minimum absolute atomic E-state index is 1.26. The van der Waals surface area contributed by atoms with E-state index in [9.17, 15) is 0 Å². The summed E-state index contributed by atoms with van der Waals surface area (Å²) in [5.74, 6) is 0. The number of thiophene rings is 1. The topological polar surface area (TPSA) is 15.8 Å². The summed E-state index contributed by atoms with van der Waals surface area (Å²) in [4.78, 5) is 5.86. The fraction of sp³-hybridized carbons (Fsp3) is 0.143. The predicted molar refractivity (Wildman–Crippen MR) is 71.1 cm³/mol. The molecule has 0 atom stereocenters. The Balaban J connectivity index is 2.18. The standard InChI is InChI=1S/C14H13NS/c1-9-5-10(2)7-12(6-9)13-8-11-3-4-15-14(11)16-13/h3-8,15H,1-2H3. The van der Waals surface area contributed by atoms with Crippen LogP contribution < -0.4 is 0 Å². The lowest BCUT2D eigenvalue weighted by molar-refractivity contribution is 1.39. The summed E-state index contributed by atoms with van der Waals surface area (Å²) < 4.78 is 0. The second-order valence-electron chi connectivity index (χ2n) is 4.25. The monoisotopic (exact) mass is 227 g/mol. The first kappa shape index (κ1) is 9.67. The lowest BCUT2D eigenvalue weighted by Crippen LogP contribution is -1.79. The van der Waals surface area contributed by atoms with Crippen LogP contribution in [0.5, 0.6) is 0 Å². The molecule has 2 aromatic heterocycles. The summed E-state index contributed by atoms with van der Waals surface area (Å²) in [5.41, 5.74) is 3.98. The van der Waals surface area contributed by atoms with Gasteiger partial charge in [0.05, 0.1) is 0 Å². The van der Waals surface area contributed by atoms with Gasteiger partial charge in [0.25, 0.3) is 0 Å². The summed E-state index contributed by atoms with van der Waals surface area (Å²) in [5, 5.41) is 1.30. The van der Waals surface area contributed by atoms with Crippen molar-refractivity contribution in [3.8, 4) is 10.4 Å². The summed E-state index contributed by atoms with van der Waals surface area (Å²) >= 11 is 1.82. The van der Waals surface area contributed by atoms with Gasteiger partial charge in [-0.15, -0.1) is 11.3 Å². The molecule has 0 saturated carbocycles. The molecule has 0 aliphatic carbocycles. The van der Waals surface area contributed by atoms with Gasteiger partial charge in [-0.2, -0.15) is 0 Å². The molecule has 0 amide bonds. The molecule has 0 fully saturated rings. The highest BCUT2D eigenvalue weighted by molar-refractivity contribution is 7.21. The second-order valence-corrected chi connectivity index (χ2v) is 5.30. The Morgan fingerprint density at radius 1 is 1.00 bits per heavy atom. The van der Waals surface area contributed by atoms with Crippen molar-refractivity contribution in [1.29, 1.82) is 0 Å². The van der Waals surface area contributed by atoms with Crippen molar-refractivity contribution in [3.63, 3.8) is 0 Å². The average Bonchev–Trinajstić information content (AvgIpc) is 2.74. The van der Waals surface area contributed by atoms with E-state index in [-0.39, 0.29) is 0 Å². The van der Waals surface area contributed by atoms with Crippen molar-refractivity contribution < 1.29 is 0 Å². The molecule has 0 radical (unpaired) electrons. The molecule has 3 aromatic rings. The van der Waals surface area contributed by atoms with Crippen LogP contribution in [0.1, 0.15) is 11.1 Å². The van der Waals surface area contributed by atoms with E-state index in [0.29, 0.717) is 0 Å². The Labute approximate surface area is 98.7 Å². The zero-order valence-electron chi connectivity index (χ0n) is 9.37. The van der Waals surface area contributed by atoms with Gasteiger partial charge in [-0.1, -0.05) is 29.3 Å². The minimum Gasteiger partial charge on any atom is -0.353 e. The molecule has 0 aliphatic heterocycles. The molecule has 80 valence electrons. The lowest BCUT2D eigenvalue weighted by Gasteiger charge is -2.01. The maximum Gasteiger partial charge on any atom is 0.100 e. The number of aromatic nitrogens is 1. The highest BCUT2D eigenvalue weighted by atomic mass is 32.1. The van der Waals surface area contributed by atoms with Crippen LogP contribution in [0.25, 0.3) is 20.7 Å². The van der Waals surface area contributed by atoms with Gasteiger partial charge in [0.1, 0.15) is 4.83 Å². The third kappa shape index (κ3) is 1.55. The van der Waals surface area contributed by atoms with Crippen molar-refractivity contribution in [3.05, 3.63) is 47.7 Å². The number of H-pyrrole nitrogens is 1. The summed E-state index contributed by atoms with van der Waals surface area (Å²) in [6.07, 6.45) is 1.99. The van der Waals surface area contributed by atoms with E-state index < -0.39 is 0 Å². The van der Waals surface area contributed by atoms with E-state index >= 15 is 0 Å². The van der Waals surface area contributed by atoms with Crippen molar-refractivity contribution >= 4 is 21.6 Å². The van der Waals surface area contributed by atoms with Crippen molar-refractivity contribution in [2.24, 2.45) is 0 Å². The summed E-state index contributed by atoms with van der Waals surface area (Å²) in [6.45, 7) is 4.30. The first-order chi connectivity index (χ1) is 7.72. The van der Waals surface area contributed by atoms with E-state index in [2.05, 4.69) is 49.2 Å². The minimum atomic E-state index is 1.26. The van der Waals surface area contributed by atoms with Crippen LogP contribution in [-0.4, -0.2) is 4.98 Å². The molecule has 0 spiro atoms. The van der Waals surface area contributed by atoms with Crippen LogP contribution in [0.3, 0.4) is 0 Å². The van der Waals surface area contributed by atoms with Gasteiger partial charge in [0.15, 0.2) is 0 Å². The number of rotatable bonds is 1. The van der Waals surface area contributed by atoms with E-state index in [1.54, 1.807) is 0 Å². The normalized spacial score (nSPS) is 11.1. The number of nitrogens with one attached hydrogen (secondary N) is 1. The highest BCUT2D eigenvalue weighted by Crippen LogP contribution is 2.33. The molecule has 16 heavy (non-hydrogen) atoms. The molecule has 0 saturated heterocycles. The largest absolute Gasteiger partial charge is 0.353 e. The number of aromatic amines is 1. The Morgan fingerprint density at radius 3 is 2.44 bits per heavy atom. The predicted octanol–water partition coefficient (Wildman–Crippen LogP) is 4.51. The Bertz CT molecular complexity index is 597. The maximum absolute atomic E-state index is 3.26. The maximum atomic E-state index is 3.26. The lowest BCUT2D eigenvalue weighted by atomic mass is 10.1. The van der Waals surface area contributed by atoms with Crippen LogP contribution in [0.15, 0.2) is 36.5 Å². The van der Waals surface area contributed by atoms with E-state index in [1.807, 2.05) is 17.5 Å². The summed E-state index contributed by atoms with van der Waals surface area (Å²) in [6, 6.07) is 11.1. The van der Waals surface area contributed by atoms with Crippen LogP contribution in [0.4, 0.5) is 0 Å². The smallest absolute Gasteiger partial charge is 0.100 e. The molecule has 1 N–H and O–H groups in total. The molecular weight excluding hydrogens is 214 g/mol. The molecule has 0 aliphatic rings. The first-order valence-electron chi connectivity index (χ1n) is 5.38. The Morgan fingerprint density at radius 2 is 1.75 bits per heavy atom. The van der Waals surface area contributed by atoms with Crippen molar-refractivity contribution in [2.75, 3.05) is 0 Å². The van der Waals surface area contributed by atoms with Crippen LogP contribution in [-0.2, 0) is 0 Å². The molecule has 3 rings (SSSR count). The van der Waals surface area contributed by atoms with Crippen LogP contribution in [0, 0.1) is 13.8 Å². The van der Waals surface area contributed by atoms with Gasteiger partial charge in [0.2, 0.25) is 0 Å². The molecule has 0 unspecified atom stereocenters. The molecule has 2 heterocycles. The molecule has 2 heteroatoms. The fourth-order valence-corrected chi connectivity index (χ4v) is 3.12. The quantitative estimate of drug-likeness (QED) is 0.629. The number of benzene rings is 1. The highest BCUT2D eigenvalue weighted by Gasteiger charge is 2.05. The van der Waals surface area contributed by atoms with Gasteiger partial charge in [0, 0.05) is 16.5 Å². The van der Waals surface area contributed by atoms with Crippen molar-refractivity contribution in [2.45, 2.75) is 13.8 Å². The first-order valence-corrected chi connectivity index (χ1v) is 6.19. The third-order valence-electron chi connectivity index (χ3n) is 2.74. The second kappa shape index (κ2) is 3.49. The van der Waals surface area contributed by atoms with Gasteiger partial charge in [-0.3, -0.25) is 0 Å². The Hall–Kier alpha value is -1.54. The summed E-state index contributed by atoms with van der Waals surface area (Å²) in [7, 11) is 0. The Kier molecular flexibility index (Phi) is 2.11. The van der Waals surface area contributed by atoms with Crippen LogP contribution >= 0.6 is 11.3 Å². The van der Waals surface area contributed by atoms with Gasteiger partial charge < -0.3 is 4.98 Å². The number of aryl methyl sites for hydroxylation is 2. The number of hydrogen-bond donors (Lipinski definition) is 1. The van der Waals surface area contributed by atoms with E-state index in [0.717, 1.165) is 0 Å². The van der Waals surface area contributed by atoms with E-state index in [1.165, 1.54) is 31.8 Å². The van der Waals surface area contributed by atoms with Crippen LogP contribution in [0.2, 0.25) is 0 Å². The average molecular weight is 227 g/mol. The zero-order valence-corrected chi connectivity index (χ0v) is 10.2. The third-order valence-corrected chi connectivity index (χ3v) is 3.88. The fourth-order valence-electron chi connectivity index (χ4n) is 2.11. The van der Waals surface area contributed by atoms with E-state index in [4.69, 9.17) is 0 Å². The number of fused-ring (bicyclic) bond motifs is 1. The molecule has 1 aromatic carbocycles. The molecular formula is C14H13NS. The zero-order chi connectivity index (χ0) is 11.1. The van der Waals surface area contributed by atoms with Gasteiger partial charge >= 0.3 is 0 Å². The van der Waals surface area contributed by atoms with Gasteiger partial charge in [-0.05, 0) is 31.5 Å². The number of hydrogen-bond acceptors (Lipinski definition) is 1. The van der Waals surface area contributed by atoms with Crippen molar-refractivity contribution in [1.82, 2.24) is 4.98 Å². The van der Waals surface area contributed by atoms with Gasteiger partial charge in [-0.25, -0.2) is 0 Å². The SMILES string of the molecule is Cc1cc(C)cc(-c2cc3cc[nH]c3s2)c1. The molecule has 1 nitrogen and oxygen atoms in total. The molecule has 0 bridgehead atoms.